The minimum atomic E-state index is 0.101. The molecule has 0 bridgehead atoms. The van der Waals surface area contributed by atoms with E-state index in [2.05, 4.69) is 32.2 Å². The van der Waals surface area contributed by atoms with E-state index >= 15 is 0 Å². The Morgan fingerprint density at radius 3 is 3.08 bits per heavy atom. The van der Waals surface area contributed by atoms with E-state index in [4.69, 9.17) is 0 Å². The van der Waals surface area contributed by atoms with Crippen LogP contribution >= 0.6 is 11.3 Å². The van der Waals surface area contributed by atoms with Crippen LogP contribution in [0.25, 0.3) is 10.7 Å². The molecule has 2 N–H and O–H groups in total. The number of nitrogens with one attached hydrogen (secondary N) is 2. The largest absolute Gasteiger partial charge is 0.379 e. The molecule has 0 fully saturated rings. The zero-order valence-electron chi connectivity index (χ0n) is 14.0. The predicted octanol–water partition coefficient (Wildman–Crippen LogP) is 3.43. The van der Waals surface area contributed by atoms with E-state index < -0.39 is 0 Å². The van der Waals surface area contributed by atoms with Crippen molar-refractivity contribution in [2.45, 2.75) is 25.8 Å². The standard InChI is InChI=1S/C18H19N5OS/c1-23-8-7-16(22-23)18-20-14(11-25-18)10-19-13-5-6-15-12(9-13)3-2-4-17(24)21-15/h5-9,11,19H,2-4,10H2,1H3,(H,21,24). The number of hydrogen-bond donors (Lipinski definition) is 2. The summed E-state index contributed by atoms with van der Waals surface area (Å²) in [5.74, 6) is 0.101. The topological polar surface area (TPSA) is 71.8 Å². The van der Waals surface area contributed by atoms with Gasteiger partial charge in [0.05, 0.1) is 12.2 Å². The van der Waals surface area contributed by atoms with Gasteiger partial charge in [-0.05, 0) is 42.7 Å². The number of fused-ring (bicyclic) bond motifs is 1. The molecule has 25 heavy (non-hydrogen) atoms. The first kappa shape index (κ1) is 15.8. The molecule has 128 valence electrons. The van der Waals surface area contributed by atoms with Crippen molar-refractivity contribution in [1.82, 2.24) is 14.8 Å². The quantitative estimate of drug-likeness (QED) is 0.754. The van der Waals surface area contributed by atoms with Gasteiger partial charge in [-0.2, -0.15) is 5.10 Å². The summed E-state index contributed by atoms with van der Waals surface area (Å²) in [6.45, 7) is 0.661. The zero-order chi connectivity index (χ0) is 17.2. The van der Waals surface area contributed by atoms with Crippen LogP contribution in [0.15, 0.2) is 35.8 Å². The first-order chi connectivity index (χ1) is 12.2. The van der Waals surface area contributed by atoms with Gasteiger partial charge >= 0.3 is 0 Å². The maximum Gasteiger partial charge on any atom is 0.224 e. The first-order valence-corrected chi connectivity index (χ1v) is 9.16. The molecule has 0 radical (unpaired) electrons. The molecule has 0 saturated carbocycles. The van der Waals surface area contributed by atoms with Crippen molar-refractivity contribution in [2.24, 2.45) is 7.05 Å². The summed E-state index contributed by atoms with van der Waals surface area (Å²) in [5.41, 5.74) is 5.05. The average molecular weight is 353 g/mol. The van der Waals surface area contributed by atoms with Crippen LogP contribution in [0.2, 0.25) is 0 Å². The lowest BCUT2D eigenvalue weighted by Gasteiger charge is -2.10. The highest BCUT2D eigenvalue weighted by Crippen LogP contribution is 2.26. The van der Waals surface area contributed by atoms with Gasteiger partial charge in [0.1, 0.15) is 10.7 Å². The monoisotopic (exact) mass is 353 g/mol. The summed E-state index contributed by atoms with van der Waals surface area (Å²) in [4.78, 5) is 16.3. The maximum atomic E-state index is 11.6. The van der Waals surface area contributed by atoms with Crippen molar-refractivity contribution < 1.29 is 4.79 Å². The highest BCUT2D eigenvalue weighted by molar-refractivity contribution is 7.13. The van der Waals surface area contributed by atoms with Crippen LogP contribution in [0.3, 0.4) is 0 Å². The van der Waals surface area contributed by atoms with Gasteiger partial charge in [0, 0.05) is 36.4 Å². The molecular weight excluding hydrogens is 334 g/mol. The van der Waals surface area contributed by atoms with Crippen molar-refractivity contribution in [3.8, 4) is 10.7 Å². The Morgan fingerprint density at radius 2 is 2.24 bits per heavy atom. The van der Waals surface area contributed by atoms with Gasteiger partial charge in [-0.1, -0.05) is 0 Å². The molecule has 1 amide bonds. The van der Waals surface area contributed by atoms with Crippen LogP contribution in [-0.4, -0.2) is 20.7 Å². The Hall–Kier alpha value is -2.67. The Bertz CT molecular complexity index is 914. The second-order valence-electron chi connectivity index (χ2n) is 6.15. The minimum Gasteiger partial charge on any atom is -0.379 e. The second-order valence-corrected chi connectivity index (χ2v) is 7.00. The number of rotatable bonds is 4. The SMILES string of the molecule is Cn1ccc(-c2nc(CNc3ccc4c(c3)CCCC(=O)N4)cs2)n1. The third-order valence-corrected chi connectivity index (χ3v) is 5.10. The Balaban J connectivity index is 1.44. The molecule has 4 rings (SSSR count). The summed E-state index contributed by atoms with van der Waals surface area (Å²) in [6, 6.07) is 8.06. The van der Waals surface area contributed by atoms with E-state index in [0.29, 0.717) is 13.0 Å². The smallest absolute Gasteiger partial charge is 0.224 e. The van der Waals surface area contributed by atoms with Crippen LogP contribution in [0.5, 0.6) is 0 Å². The predicted molar refractivity (Wildman–Crippen MR) is 99.7 cm³/mol. The lowest BCUT2D eigenvalue weighted by molar-refractivity contribution is -0.116. The van der Waals surface area contributed by atoms with Gasteiger partial charge in [-0.3, -0.25) is 9.48 Å². The van der Waals surface area contributed by atoms with Crippen LogP contribution in [0, 0.1) is 0 Å². The molecule has 0 unspecified atom stereocenters. The van der Waals surface area contributed by atoms with Crippen LogP contribution in [0.1, 0.15) is 24.1 Å². The summed E-state index contributed by atoms with van der Waals surface area (Å²) < 4.78 is 1.78. The number of carbonyl (C=O) groups is 1. The summed E-state index contributed by atoms with van der Waals surface area (Å²) in [5, 5.41) is 13.8. The molecule has 3 aromatic rings. The van der Waals surface area contributed by atoms with E-state index in [1.165, 1.54) is 5.56 Å². The van der Waals surface area contributed by atoms with Crippen molar-refractivity contribution in [3.05, 3.63) is 47.1 Å². The summed E-state index contributed by atoms with van der Waals surface area (Å²) in [6.07, 6.45) is 4.32. The number of hydrogen-bond acceptors (Lipinski definition) is 5. The molecule has 0 atom stereocenters. The lowest BCUT2D eigenvalue weighted by Crippen LogP contribution is -2.09. The highest BCUT2D eigenvalue weighted by Gasteiger charge is 2.13. The zero-order valence-corrected chi connectivity index (χ0v) is 14.8. The number of aromatic nitrogens is 3. The Labute approximate surface area is 149 Å². The second kappa shape index (κ2) is 6.68. The van der Waals surface area contributed by atoms with Gasteiger partial charge in [-0.25, -0.2) is 4.98 Å². The molecular formula is C18H19N5OS. The van der Waals surface area contributed by atoms with Gasteiger partial charge < -0.3 is 10.6 Å². The molecule has 2 aromatic heterocycles. The average Bonchev–Trinajstić information content (AvgIpc) is 3.19. The summed E-state index contributed by atoms with van der Waals surface area (Å²) >= 11 is 1.60. The molecule has 3 heterocycles. The van der Waals surface area contributed by atoms with Crippen LogP contribution < -0.4 is 10.6 Å². The van der Waals surface area contributed by atoms with Gasteiger partial charge in [0.15, 0.2) is 0 Å². The molecule has 1 aliphatic rings. The van der Waals surface area contributed by atoms with Crippen LogP contribution in [-0.2, 0) is 24.8 Å². The molecule has 0 saturated heterocycles. The highest BCUT2D eigenvalue weighted by atomic mass is 32.1. The molecule has 1 aliphatic heterocycles. The fourth-order valence-corrected chi connectivity index (χ4v) is 3.70. The van der Waals surface area contributed by atoms with Crippen molar-refractivity contribution >= 4 is 28.6 Å². The van der Waals surface area contributed by atoms with E-state index in [1.807, 2.05) is 31.4 Å². The molecule has 6 nitrogen and oxygen atoms in total. The number of nitrogens with zero attached hydrogens (tertiary/aromatic N) is 3. The molecule has 0 aliphatic carbocycles. The number of aryl methyl sites for hydroxylation is 2. The van der Waals surface area contributed by atoms with E-state index in [9.17, 15) is 4.79 Å². The number of benzene rings is 1. The number of anilines is 2. The lowest BCUT2D eigenvalue weighted by atomic mass is 10.1. The summed E-state index contributed by atoms with van der Waals surface area (Å²) in [7, 11) is 1.90. The van der Waals surface area contributed by atoms with Crippen molar-refractivity contribution in [1.29, 1.82) is 0 Å². The molecule has 0 spiro atoms. The van der Waals surface area contributed by atoms with E-state index in [1.54, 1.807) is 16.0 Å². The fraction of sp³-hybridized carbons (Fsp3) is 0.278. The van der Waals surface area contributed by atoms with E-state index in [-0.39, 0.29) is 5.91 Å². The van der Waals surface area contributed by atoms with E-state index in [0.717, 1.165) is 40.6 Å². The van der Waals surface area contributed by atoms with Crippen molar-refractivity contribution in [3.63, 3.8) is 0 Å². The molecule has 7 heteroatoms. The fourth-order valence-electron chi connectivity index (χ4n) is 2.91. The normalized spacial score (nSPS) is 13.9. The Morgan fingerprint density at radius 1 is 1.32 bits per heavy atom. The van der Waals surface area contributed by atoms with Gasteiger partial charge in [-0.15, -0.1) is 11.3 Å². The van der Waals surface area contributed by atoms with Gasteiger partial charge in [0.25, 0.3) is 0 Å². The first-order valence-electron chi connectivity index (χ1n) is 8.28. The third-order valence-electron chi connectivity index (χ3n) is 4.19. The Kier molecular flexibility index (Phi) is 4.23. The number of thiazole rings is 1. The molecule has 1 aromatic carbocycles. The van der Waals surface area contributed by atoms with Crippen LogP contribution in [0.4, 0.5) is 11.4 Å². The number of carbonyl (C=O) groups excluding carboxylic acids is 1. The van der Waals surface area contributed by atoms with Crippen molar-refractivity contribution in [2.75, 3.05) is 10.6 Å². The minimum absolute atomic E-state index is 0.101. The maximum absolute atomic E-state index is 11.6. The third kappa shape index (κ3) is 3.56. The number of amides is 1. The van der Waals surface area contributed by atoms with Gasteiger partial charge in [0.2, 0.25) is 5.91 Å².